The van der Waals surface area contributed by atoms with E-state index in [4.69, 9.17) is 15.2 Å². The molecule has 1 aromatic heterocycles. The highest BCUT2D eigenvalue weighted by molar-refractivity contribution is 7.99. The van der Waals surface area contributed by atoms with Gasteiger partial charge in [0.15, 0.2) is 0 Å². The first kappa shape index (κ1) is 14.9. The zero-order valence-electron chi connectivity index (χ0n) is 11.7. The fraction of sp³-hybridized carbons (Fsp3) is 0.615. The summed E-state index contributed by atoms with van der Waals surface area (Å²) in [5.41, 5.74) is 6.49. The topological polar surface area (TPSA) is 87.3 Å². The third-order valence-electron chi connectivity index (χ3n) is 3.31. The summed E-state index contributed by atoms with van der Waals surface area (Å²) in [7, 11) is 1.42. The Balaban J connectivity index is 1.97. The molecule has 2 N–H and O–H groups in total. The second-order valence-corrected chi connectivity index (χ2v) is 5.84. The van der Waals surface area contributed by atoms with E-state index in [0.717, 1.165) is 18.6 Å². The first-order valence-electron chi connectivity index (χ1n) is 6.53. The smallest absolute Gasteiger partial charge is 0.306 e. The van der Waals surface area contributed by atoms with Gasteiger partial charge in [-0.25, -0.2) is 4.98 Å². The standard InChI is InChI=1S/C13H19N3O3S/c1-3-19-11-10(14)12(16-8-15-11)20-7-13(4-5-13)6-9(17)18-2/h8H,3-7,14H2,1-2H3. The zero-order chi connectivity index (χ0) is 14.6. The van der Waals surface area contributed by atoms with Gasteiger partial charge in [-0.15, -0.1) is 11.8 Å². The average Bonchev–Trinajstić information content (AvgIpc) is 3.20. The van der Waals surface area contributed by atoms with Gasteiger partial charge in [-0.05, 0) is 25.2 Å². The molecule has 2 rings (SSSR count). The number of carbonyl (C=O) groups is 1. The van der Waals surface area contributed by atoms with E-state index in [1.165, 1.54) is 13.4 Å². The molecule has 20 heavy (non-hydrogen) atoms. The first-order chi connectivity index (χ1) is 9.60. The molecule has 110 valence electrons. The maximum absolute atomic E-state index is 11.4. The molecule has 6 nitrogen and oxygen atoms in total. The summed E-state index contributed by atoms with van der Waals surface area (Å²) < 4.78 is 10.1. The Morgan fingerprint density at radius 2 is 2.25 bits per heavy atom. The van der Waals surface area contributed by atoms with Crippen LogP contribution in [0.2, 0.25) is 0 Å². The fourth-order valence-electron chi connectivity index (χ4n) is 1.88. The molecule has 0 aliphatic heterocycles. The number of hydrogen-bond acceptors (Lipinski definition) is 7. The van der Waals surface area contributed by atoms with Gasteiger partial charge in [0.05, 0.1) is 20.1 Å². The van der Waals surface area contributed by atoms with Gasteiger partial charge < -0.3 is 15.2 Å². The van der Waals surface area contributed by atoms with Crippen LogP contribution in [0, 0.1) is 5.41 Å². The number of nitrogens with zero attached hydrogens (tertiary/aromatic N) is 2. The molecule has 1 aliphatic rings. The normalized spacial score (nSPS) is 15.7. The minimum Gasteiger partial charge on any atom is -0.476 e. The monoisotopic (exact) mass is 297 g/mol. The van der Waals surface area contributed by atoms with Gasteiger partial charge in [0, 0.05) is 5.75 Å². The number of carbonyl (C=O) groups excluding carboxylic acids is 1. The number of nitrogens with two attached hydrogens (primary N) is 1. The molecule has 1 aromatic rings. The summed E-state index contributed by atoms with van der Waals surface area (Å²) in [5, 5.41) is 0.708. The van der Waals surface area contributed by atoms with Crippen molar-refractivity contribution >= 4 is 23.4 Å². The Labute approximate surface area is 122 Å². The SMILES string of the molecule is CCOc1ncnc(SCC2(CC(=O)OC)CC2)c1N. The summed E-state index contributed by atoms with van der Waals surface area (Å²) in [6, 6.07) is 0. The van der Waals surface area contributed by atoms with Crippen molar-refractivity contribution in [3.63, 3.8) is 0 Å². The molecule has 7 heteroatoms. The van der Waals surface area contributed by atoms with E-state index in [-0.39, 0.29) is 11.4 Å². The molecule has 0 unspecified atom stereocenters. The minimum atomic E-state index is -0.159. The predicted octanol–water partition coefficient (Wildman–Crippen LogP) is 1.89. The Hall–Kier alpha value is -1.50. The van der Waals surface area contributed by atoms with Crippen molar-refractivity contribution in [3.05, 3.63) is 6.33 Å². The lowest BCUT2D eigenvalue weighted by Gasteiger charge is -2.14. The Bertz CT molecular complexity index is 492. The quantitative estimate of drug-likeness (QED) is 0.467. The van der Waals surface area contributed by atoms with Crippen LogP contribution in [0.5, 0.6) is 5.88 Å². The minimum absolute atomic E-state index is 0.0426. The molecule has 0 spiro atoms. The highest BCUT2D eigenvalue weighted by Crippen LogP contribution is 2.52. The molecule has 0 atom stereocenters. The van der Waals surface area contributed by atoms with Gasteiger partial charge in [-0.3, -0.25) is 4.79 Å². The van der Waals surface area contributed by atoms with Crippen molar-refractivity contribution in [1.29, 1.82) is 0 Å². The van der Waals surface area contributed by atoms with E-state index in [1.54, 1.807) is 11.8 Å². The van der Waals surface area contributed by atoms with E-state index in [9.17, 15) is 4.79 Å². The van der Waals surface area contributed by atoms with Crippen molar-refractivity contribution in [2.24, 2.45) is 5.41 Å². The summed E-state index contributed by atoms with van der Waals surface area (Å²) >= 11 is 1.55. The third-order valence-corrected chi connectivity index (χ3v) is 4.67. The highest BCUT2D eigenvalue weighted by atomic mass is 32.2. The van der Waals surface area contributed by atoms with E-state index >= 15 is 0 Å². The molecular formula is C13H19N3O3S. The number of ether oxygens (including phenoxy) is 2. The molecule has 0 bridgehead atoms. The van der Waals surface area contributed by atoms with Crippen LogP contribution >= 0.6 is 11.8 Å². The maximum atomic E-state index is 11.4. The molecule has 1 saturated carbocycles. The van der Waals surface area contributed by atoms with Crippen LogP contribution in [0.3, 0.4) is 0 Å². The average molecular weight is 297 g/mol. The largest absolute Gasteiger partial charge is 0.476 e. The molecule has 0 amide bonds. The van der Waals surface area contributed by atoms with Crippen LogP contribution in [0.15, 0.2) is 11.4 Å². The Morgan fingerprint density at radius 3 is 2.85 bits per heavy atom. The summed E-state index contributed by atoms with van der Waals surface area (Å²) in [6.07, 6.45) is 3.99. The van der Waals surface area contributed by atoms with Crippen molar-refractivity contribution < 1.29 is 14.3 Å². The van der Waals surface area contributed by atoms with Gasteiger partial charge in [-0.2, -0.15) is 4.98 Å². The second-order valence-electron chi connectivity index (χ2n) is 4.87. The van der Waals surface area contributed by atoms with E-state index < -0.39 is 0 Å². The van der Waals surface area contributed by atoms with E-state index in [2.05, 4.69) is 9.97 Å². The third kappa shape index (κ3) is 3.53. The predicted molar refractivity (Wildman–Crippen MR) is 76.6 cm³/mol. The zero-order valence-corrected chi connectivity index (χ0v) is 12.5. The van der Waals surface area contributed by atoms with Gasteiger partial charge in [0.1, 0.15) is 17.0 Å². The molecule has 0 aromatic carbocycles. The molecule has 1 heterocycles. The van der Waals surface area contributed by atoms with Crippen LogP contribution in [0.25, 0.3) is 0 Å². The molecular weight excluding hydrogens is 278 g/mol. The lowest BCUT2D eigenvalue weighted by Crippen LogP contribution is -2.13. The second kappa shape index (κ2) is 6.30. The van der Waals surface area contributed by atoms with Gasteiger partial charge >= 0.3 is 5.97 Å². The van der Waals surface area contributed by atoms with Crippen LogP contribution in [0.1, 0.15) is 26.2 Å². The van der Waals surface area contributed by atoms with Gasteiger partial charge in [0.2, 0.25) is 5.88 Å². The number of hydrogen-bond donors (Lipinski definition) is 1. The lowest BCUT2D eigenvalue weighted by atomic mass is 10.1. The fourth-order valence-corrected chi connectivity index (χ4v) is 3.08. The van der Waals surface area contributed by atoms with E-state index in [1.807, 2.05) is 6.92 Å². The number of nitrogen functional groups attached to an aromatic ring is 1. The van der Waals surface area contributed by atoms with Crippen LogP contribution in [-0.2, 0) is 9.53 Å². The van der Waals surface area contributed by atoms with Crippen LogP contribution in [-0.4, -0.2) is 35.4 Å². The molecule has 0 radical (unpaired) electrons. The summed E-state index contributed by atoms with van der Waals surface area (Å²) in [6.45, 7) is 2.39. The number of aromatic nitrogens is 2. The molecule has 0 saturated heterocycles. The summed E-state index contributed by atoms with van der Waals surface area (Å²) in [5.74, 6) is 1.06. The van der Waals surface area contributed by atoms with Crippen LogP contribution in [0.4, 0.5) is 5.69 Å². The van der Waals surface area contributed by atoms with E-state index in [0.29, 0.717) is 29.6 Å². The number of esters is 1. The number of anilines is 1. The van der Waals surface area contributed by atoms with Crippen LogP contribution < -0.4 is 10.5 Å². The number of methoxy groups -OCH3 is 1. The van der Waals surface area contributed by atoms with Crippen molar-refractivity contribution in [2.45, 2.75) is 31.2 Å². The van der Waals surface area contributed by atoms with Gasteiger partial charge in [-0.1, -0.05) is 0 Å². The van der Waals surface area contributed by atoms with Gasteiger partial charge in [0.25, 0.3) is 0 Å². The summed E-state index contributed by atoms with van der Waals surface area (Å²) in [4.78, 5) is 19.6. The Kier molecular flexibility index (Phi) is 4.69. The van der Waals surface area contributed by atoms with Crippen molar-refractivity contribution in [3.8, 4) is 5.88 Å². The molecule has 1 aliphatic carbocycles. The van der Waals surface area contributed by atoms with Crippen molar-refractivity contribution in [1.82, 2.24) is 9.97 Å². The highest BCUT2D eigenvalue weighted by Gasteiger charge is 2.44. The first-order valence-corrected chi connectivity index (χ1v) is 7.51. The van der Waals surface area contributed by atoms with Crippen molar-refractivity contribution in [2.75, 3.05) is 25.2 Å². The molecule has 1 fully saturated rings. The number of thioether (sulfide) groups is 1. The lowest BCUT2D eigenvalue weighted by molar-refractivity contribution is -0.141. The Morgan fingerprint density at radius 1 is 1.50 bits per heavy atom. The maximum Gasteiger partial charge on any atom is 0.306 e. The number of rotatable bonds is 7.